The number of rotatable bonds is 5. The van der Waals surface area contributed by atoms with Gasteiger partial charge in [-0.25, -0.2) is 4.39 Å². The first-order chi connectivity index (χ1) is 8.10. The molecule has 4 nitrogen and oxygen atoms in total. The molecule has 0 fully saturated rings. The maximum Gasteiger partial charge on any atom is 0.173 e. The molecule has 0 aromatic heterocycles. The summed E-state index contributed by atoms with van der Waals surface area (Å²) in [5.41, 5.74) is 5.92. The Hall–Kier alpha value is -1.27. The lowest BCUT2D eigenvalue weighted by atomic mass is 10.1. The third kappa shape index (κ3) is 3.61. The summed E-state index contributed by atoms with van der Waals surface area (Å²) >= 11 is 1.44. The molecule has 1 unspecified atom stereocenters. The van der Waals surface area contributed by atoms with Crippen molar-refractivity contribution in [1.82, 2.24) is 0 Å². The molecule has 0 aliphatic rings. The third-order valence-electron chi connectivity index (χ3n) is 2.24. The Morgan fingerprint density at radius 2 is 2.29 bits per heavy atom. The molecule has 0 saturated heterocycles. The van der Waals surface area contributed by atoms with Gasteiger partial charge in [-0.2, -0.15) is 11.8 Å². The monoisotopic (exact) mass is 258 g/mol. The van der Waals surface area contributed by atoms with Crippen LogP contribution < -0.4 is 5.73 Å². The van der Waals surface area contributed by atoms with Crippen molar-refractivity contribution < 1.29 is 14.7 Å². The highest BCUT2D eigenvalue weighted by atomic mass is 32.2. The second kappa shape index (κ2) is 6.46. The number of amidine groups is 1. The van der Waals surface area contributed by atoms with Crippen molar-refractivity contribution in [3.05, 3.63) is 35.1 Å². The van der Waals surface area contributed by atoms with Crippen LogP contribution in [0.5, 0.6) is 0 Å². The zero-order chi connectivity index (χ0) is 12.8. The van der Waals surface area contributed by atoms with Gasteiger partial charge in [0.2, 0.25) is 0 Å². The Kier molecular flexibility index (Phi) is 5.24. The molecular formula is C11H15FN2O2S. The lowest BCUT2D eigenvalue weighted by molar-refractivity contribution is 0.300. The number of benzene rings is 1. The average Bonchev–Trinajstić information content (AvgIpc) is 2.36. The molecule has 0 bridgehead atoms. The second-order valence-electron chi connectivity index (χ2n) is 3.57. The molecule has 6 heteroatoms. The van der Waals surface area contributed by atoms with Crippen molar-refractivity contribution in [2.45, 2.75) is 17.9 Å². The van der Waals surface area contributed by atoms with E-state index in [1.54, 1.807) is 12.1 Å². The van der Waals surface area contributed by atoms with Crippen molar-refractivity contribution in [3.8, 4) is 0 Å². The van der Waals surface area contributed by atoms with Crippen LogP contribution in [0.3, 0.4) is 0 Å². The zero-order valence-corrected chi connectivity index (χ0v) is 10.2. The molecule has 1 aromatic rings. The average molecular weight is 258 g/mol. The van der Waals surface area contributed by atoms with Gasteiger partial charge in [0.15, 0.2) is 5.84 Å². The van der Waals surface area contributed by atoms with Gasteiger partial charge in [-0.05, 0) is 11.6 Å². The van der Waals surface area contributed by atoms with E-state index in [4.69, 9.17) is 16.0 Å². The van der Waals surface area contributed by atoms with E-state index < -0.39 is 5.82 Å². The number of aliphatic hydroxyl groups excluding tert-OH is 1. The van der Waals surface area contributed by atoms with Gasteiger partial charge >= 0.3 is 0 Å². The molecule has 0 spiro atoms. The fraction of sp³-hybridized carbons (Fsp3) is 0.364. The van der Waals surface area contributed by atoms with Crippen LogP contribution in [0, 0.1) is 5.82 Å². The van der Waals surface area contributed by atoms with Crippen molar-refractivity contribution in [2.24, 2.45) is 10.9 Å². The Morgan fingerprint density at radius 3 is 2.88 bits per heavy atom. The highest BCUT2D eigenvalue weighted by molar-refractivity contribution is 7.99. The summed E-state index contributed by atoms with van der Waals surface area (Å²) < 4.78 is 13.9. The number of hydrogen-bond donors (Lipinski definition) is 3. The fourth-order valence-corrected chi connectivity index (χ4v) is 2.02. The van der Waals surface area contributed by atoms with Crippen molar-refractivity contribution in [2.75, 3.05) is 6.61 Å². The molecule has 0 radical (unpaired) electrons. The quantitative estimate of drug-likeness (QED) is 0.324. The minimum Gasteiger partial charge on any atom is -0.409 e. The van der Waals surface area contributed by atoms with Crippen LogP contribution in [0.4, 0.5) is 4.39 Å². The van der Waals surface area contributed by atoms with Gasteiger partial charge in [0.1, 0.15) is 5.82 Å². The maximum absolute atomic E-state index is 13.9. The standard InChI is InChI=1S/C11H15FN2O2S/c1-7(5-15)17-6-8-3-2-4-9(10(8)12)11(13)14-16/h2-4,7,15-16H,5-6H2,1H3,(H2,13,14). The number of nitrogens with zero attached hydrogens (tertiary/aromatic N) is 1. The van der Waals surface area contributed by atoms with E-state index in [0.29, 0.717) is 11.3 Å². The van der Waals surface area contributed by atoms with Gasteiger partial charge in [0.05, 0.1) is 12.2 Å². The number of aliphatic hydroxyl groups is 1. The van der Waals surface area contributed by atoms with Crippen LogP contribution >= 0.6 is 11.8 Å². The van der Waals surface area contributed by atoms with E-state index in [-0.39, 0.29) is 23.3 Å². The number of nitrogens with two attached hydrogens (primary N) is 1. The van der Waals surface area contributed by atoms with Crippen LogP contribution in [0.15, 0.2) is 23.4 Å². The van der Waals surface area contributed by atoms with Crippen LogP contribution in [0.25, 0.3) is 0 Å². The molecule has 4 N–H and O–H groups in total. The van der Waals surface area contributed by atoms with E-state index in [1.165, 1.54) is 17.8 Å². The van der Waals surface area contributed by atoms with Gasteiger partial charge in [-0.1, -0.05) is 24.2 Å². The molecule has 94 valence electrons. The smallest absolute Gasteiger partial charge is 0.173 e. The topological polar surface area (TPSA) is 78.8 Å². The molecule has 0 aliphatic heterocycles. The molecule has 0 amide bonds. The maximum atomic E-state index is 13.9. The minimum atomic E-state index is -0.486. The van der Waals surface area contributed by atoms with Crippen molar-refractivity contribution in [3.63, 3.8) is 0 Å². The first-order valence-electron chi connectivity index (χ1n) is 5.08. The summed E-state index contributed by atoms with van der Waals surface area (Å²) in [7, 11) is 0. The first kappa shape index (κ1) is 13.8. The number of thioether (sulfide) groups is 1. The third-order valence-corrected chi connectivity index (χ3v) is 3.44. The molecule has 0 saturated carbocycles. The van der Waals surface area contributed by atoms with Crippen molar-refractivity contribution >= 4 is 17.6 Å². The van der Waals surface area contributed by atoms with E-state index in [9.17, 15) is 4.39 Å². The summed E-state index contributed by atoms with van der Waals surface area (Å²) in [5, 5.41) is 20.2. The molecule has 0 aliphatic carbocycles. The van der Waals surface area contributed by atoms with Gasteiger partial charge in [-0.15, -0.1) is 0 Å². The Labute approximate surface area is 103 Å². The molecular weight excluding hydrogens is 243 g/mol. The lowest BCUT2D eigenvalue weighted by Gasteiger charge is -2.10. The van der Waals surface area contributed by atoms with Crippen LogP contribution in [-0.4, -0.2) is 28.0 Å². The summed E-state index contributed by atoms with van der Waals surface area (Å²) in [5.74, 6) is -0.301. The minimum absolute atomic E-state index is 0.0434. The number of hydrogen-bond acceptors (Lipinski definition) is 4. The Bertz CT molecular complexity index is 412. The zero-order valence-electron chi connectivity index (χ0n) is 9.43. The van der Waals surface area contributed by atoms with E-state index in [2.05, 4.69) is 5.16 Å². The summed E-state index contributed by atoms with van der Waals surface area (Å²) in [4.78, 5) is 0. The molecule has 1 atom stereocenters. The number of halogens is 1. The predicted octanol–water partition coefficient (Wildman–Crippen LogP) is 1.53. The largest absolute Gasteiger partial charge is 0.409 e. The Morgan fingerprint density at radius 1 is 1.59 bits per heavy atom. The fourth-order valence-electron chi connectivity index (χ4n) is 1.23. The van der Waals surface area contributed by atoms with E-state index >= 15 is 0 Å². The predicted molar refractivity (Wildman–Crippen MR) is 66.8 cm³/mol. The highest BCUT2D eigenvalue weighted by Crippen LogP contribution is 2.21. The van der Waals surface area contributed by atoms with E-state index in [0.717, 1.165) is 0 Å². The summed E-state index contributed by atoms with van der Waals surface area (Å²) in [6.45, 7) is 1.90. The molecule has 17 heavy (non-hydrogen) atoms. The second-order valence-corrected chi connectivity index (χ2v) is 4.99. The normalized spacial score (nSPS) is 13.7. The lowest BCUT2D eigenvalue weighted by Crippen LogP contribution is -2.16. The highest BCUT2D eigenvalue weighted by Gasteiger charge is 2.12. The molecule has 1 rings (SSSR count). The van der Waals surface area contributed by atoms with Crippen LogP contribution in [-0.2, 0) is 5.75 Å². The molecule has 0 heterocycles. The first-order valence-corrected chi connectivity index (χ1v) is 6.12. The van der Waals surface area contributed by atoms with Crippen LogP contribution in [0.2, 0.25) is 0 Å². The molecule has 1 aromatic carbocycles. The summed E-state index contributed by atoms with van der Waals surface area (Å²) in [6, 6.07) is 4.74. The van der Waals surface area contributed by atoms with Gasteiger partial charge in [0.25, 0.3) is 0 Å². The van der Waals surface area contributed by atoms with Gasteiger partial charge in [-0.3, -0.25) is 0 Å². The number of oxime groups is 1. The van der Waals surface area contributed by atoms with Gasteiger partial charge in [0, 0.05) is 11.0 Å². The van der Waals surface area contributed by atoms with Gasteiger partial charge < -0.3 is 16.0 Å². The van der Waals surface area contributed by atoms with E-state index in [1.807, 2.05) is 6.92 Å². The Balaban J connectivity index is 2.87. The summed E-state index contributed by atoms with van der Waals surface area (Å²) in [6.07, 6.45) is 0. The SMILES string of the molecule is CC(CO)SCc1cccc(/C(N)=N/O)c1F. The van der Waals surface area contributed by atoms with Crippen molar-refractivity contribution in [1.29, 1.82) is 0 Å². The van der Waals surface area contributed by atoms with Crippen LogP contribution in [0.1, 0.15) is 18.1 Å².